The van der Waals surface area contributed by atoms with Crippen molar-refractivity contribution >= 4 is 15.8 Å². The van der Waals surface area contributed by atoms with E-state index in [0.29, 0.717) is 31.5 Å². The molecule has 1 aliphatic rings. The summed E-state index contributed by atoms with van der Waals surface area (Å²) < 4.78 is 32.8. The number of hydrogen-bond donors (Lipinski definition) is 2. The molecule has 0 bridgehead atoms. The van der Waals surface area contributed by atoms with Gasteiger partial charge in [0.05, 0.1) is 13.5 Å². The topological polar surface area (TPSA) is 95.9 Å². The van der Waals surface area contributed by atoms with Crippen molar-refractivity contribution in [3.05, 3.63) is 84.4 Å². The first kappa shape index (κ1) is 26.9. The van der Waals surface area contributed by atoms with Crippen LogP contribution in [-0.4, -0.2) is 62.6 Å². The number of rotatable bonds is 11. The smallest absolute Gasteiger partial charge is 0.305 e. The lowest BCUT2D eigenvalue weighted by atomic mass is 9.84. The van der Waals surface area contributed by atoms with Gasteiger partial charge in [-0.05, 0) is 49.5 Å². The van der Waals surface area contributed by atoms with Crippen LogP contribution in [0.3, 0.4) is 0 Å². The largest absolute Gasteiger partial charge is 0.495 e. The number of benzene rings is 3. The zero-order valence-corrected chi connectivity index (χ0v) is 21.9. The maximum atomic E-state index is 13.7. The van der Waals surface area contributed by atoms with Gasteiger partial charge in [-0.15, -0.1) is 0 Å². The molecule has 196 valence electrons. The van der Waals surface area contributed by atoms with Gasteiger partial charge in [0.2, 0.25) is 0 Å². The van der Waals surface area contributed by atoms with Crippen molar-refractivity contribution in [3.8, 4) is 16.9 Å². The highest BCUT2D eigenvalue weighted by Crippen LogP contribution is 2.36. The van der Waals surface area contributed by atoms with Gasteiger partial charge >= 0.3 is 5.97 Å². The molecule has 7 nitrogen and oxygen atoms in total. The van der Waals surface area contributed by atoms with Crippen LogP contribution in [0.15, 0.2) is 83.8 Å². The molecular formula is C29H34N2O5S. The summed E-state index contributed by atoms with van der Waals surface area (Å²) >= 11 is 0. The van der Waals surface area contributed by atoms with E-state index < -0.39 is 21.3 Å². The molecule has 37 heavy (non-hydrogen) atoms. The standard InChI is InChI=1S/C29H34N2O5S/c1-36-26-14-8-13-25(24-11-6-3-7-12-24)28(26)37(34,35)22-30-29(21-27(32)33)16-19-31(20-17-29)18-15-23-9-4-2-5-10-23/h2-14,30H,15-22H2,1H3,(H,32,33). The molecule has 0 aromatic heterocycles. The summed E-state index contributed by atoms with van der Waals surface area (Å²) in [5.41, 5.74) is 1.80. The molecule has 1 saturated heterocycles. The van der Waals surface area contributed by atoms with Crippen LogP contribution in [0.25, 0.3) is 11.1 Å². The summed E-state index contributed by atoms with van der Waals surface area (Å²) in [6.45, 7) is 2.29. The van der Waals surface area contributed by atoms with Crippen LogP contribution in [0.4, 0.5) is 0 Å². The van der Waals surface area contributed by atoms with E-state index in [2.05, 4.69) is 22.3 Å². The fourth-order valence-corrected chi connectivity index (χ4v) is 6.62. The molecule has 0 saturated carbocycles. The number of ether oxygens (including phenoxy) is 1. The second-order valence-corrected chi connectivity index (χ2v) is 11.5. The molecule has 0 atom stereocenters. The zero-order valence-electron chi connectivity index (χ0n) is 21.1. The first-order chi connectivity index (χ1) is 17.8. The number of nitrogens with one attached hydrogen (secondary N) is 1. The Labute approximate surface area is 219 Å². The first-order valence-corrected chi connectivity index (χ1v) is 14.2. The SMILES string of the molecule is COc1cccc(-c2ccccc2)c1S(=O)(=O)CNC1(CC(=O)O)CCN(CCc2ccccc2)CC1. The molecule has 0 amide bonds. The quantitative estimate of drug-likeness (QED) is 0.389. The molecule has 4 rings (SSSR count). The van der Waals surface area contributed by atoms with Gasteiger partial charge in [-0.1, -0.05) is 72.8 Å². The maximum Gasteiger partial charge on any atom is 0.305 e. The van der Waals surface area contributed by atoms with E-state index >= 15 is 0 Å². The Hall–Kier alpha value is -3.20. The number of hydrogen-bond acceptors (Lipinski definition) is 6. The number of methoxy groups -OCH3 is 1. The number of carboxylic acid groups (broad SMARTS) is 1. The van der Waals surface area contributed by atoms with Crippen molar-refractivity contribution in [1.82, 2.24) is 10.2 Å². The highest BCUT2D eigenvalue weighted by Gasteiger charge is 2.38. The molecular weight excluding hydrogens is 488 g/mol. The van der Waals surface area contributed by atoms with Crippen LogP contribution in [0, 0.1) is 0 Å². The third-order valence-electron chi connectivity index (χ3n) is 7.09. The van der Waals surface area contributed by atoms with Crippen molar-refractivity contribution in [2.45, 2.75) is 36.1 Å². The summed E-state index contributed by atoms with van der Waals surface area (Å²) in [7, 11) is -2.41. The van der Waals surface area contributed by atoms with Crippen LogP contribution in [0.2, 0.25) is 0 Å². The number of aliphatic carboxylic acids is 1. The number of carbonyl (C=O) groups is 1. The van der Waals surface area contributed by atoms with E-state index in [1.807, 2.05) is 48.5 Å². The predicted octanol–water partition coefficient (Wildman–Crippen LogP) is 4.24. The van der Waals surface area contributed by atoms with Crippen LogP contribution < -0.4 is 10.1 Å². The molecule has 1 fully saturated rings. The molecule has 0 unspecified atom stereocenters. The second kappa shape index (κ2) is 11.9. The number of sulfone groups is 1. The van der Waals surface area contributed by atoms with Crippen LogP contribution in [0.1, 0.15) is 24.8 Å². The minimum atomic E-state index is -3.86. The summed E-state index contributed by atoms with van der Waals surface area (Å²) in [5.74, 6) is -1.04. The van der Waals surface area contributed by atoms with E-state index in [4.69, 9.17) is 4.74 Å². The third kappa shape index (κ3) is 6.77. The average molecular weight is 523 g/mol. The lowest BCUT2D eigenvalue weighted by molar-refractivity contribution is -0.139. The number of nitrogens with zero attached hydrogens (tertiary/aromatic N) is 1. The van der Waals surface area contributed by atoms with Crippen molar-refractivity contribution in [2.75, 3.05) is 32.6 Å². The molecule has 3 aromatic carbocycles. The van der Waals surface area contributed by atoms with Crippen LogP contribution in [-0.2, 0) is 21.1 Å². The number of likely N-dealkylation sites (tertiary alicyclic amines) is 1. The van der Waals surface area contributed by atoms with Crippen molar-refractivity contribution < 1.29 is 23.1 Å². The van der Waals surface area contributed by atoms with E-state index in [9.17, 15) is 18.3 Å². The summed E-state index contributed by atoms with van der Waals surface area (Å²) in [5, 5.41) is 12.8. The Morgan fingerprint density at radius 1 is 0.973 bits per heavy atom. The molecule has 0 spiro atoms. The van der Waals surface area contributed by atoms with Crippen LogP contribution >= 0.6 is 0 Å². The van der Waals surface area contributed by atoms with Gasteiger partial charge in [0.1, 0.15) is 16.5 Å². The van der Waals surface area contributed by atoms with E-state index in [1.54, 1.807) is 18.2 Å². The zero-order chi connectivity index (χ0) is 26.3. The van der Waals surface area contributed by atoms with Gasteiger partial charge in [0.15, 0.2) is 9.84 Å². The van der Waals surface area contributed by atoms with Gasteiger partial charge in [-0.25, -0.2) is 8.42 Å². The Bertz CT molecular complexity index is 1290. The van der Waals surface area contributed by atoms with Gasteiger partial charge in [-0.3, -0.25) is 10.1 Å². The van der Waals surface area contributed by atoms with Gasteiger partial charge in [0, 0.05) is 17.6 Å². The fraction of sp³-hybridized carbons (Fsp3) is 0.345. The lowest BCUT2D eigenvalue weighted by Gasteiger charge is -2.42. The molecule has 1 aliphatic heterocycles. The highest BCUT2D eigenvalue weighted by molar-refractivity contribution is 7.91. The Balaban J connectivity index is 1.50. The molecule has 8 heteroatoms. The molecule has 3 aromatic rings. The minimum absolute atomic E-state index is 0.113. The monoisotopic (exact) mass is 522 g/mol. The fourth-order valence-electron chi connectivity index (χ4n) is 5.00. The van der Waals surface area contributed by atoms with Gasteiger partial charge < -0.3 is 14.7 Å². The Morgan fingerprint density at radius 3 is 2.24 bits per heavy atom. The van der Waals surface area contributed by atoms with Crippen LogP contribution in [0.5, 0.6) is 5.75 Å². The summed E-state index contributed by atoms with van der Waals surface area (Å²) in [4.78, 5) is 14.2. The van der Waals surface area contributed by atoms with E-state index in [0.717, 1.165) is 18.5 Å². The lowest BCUT2D eigenvalue weighted by Crippen LogP contribution is -2.55. The number of carboxylic acids is 1. The van der Waals surface area contributed by atoms with Crippen molar-refractivity contribution in [3.63, 3.8) is 0 Å². The van der Waals surface area contributed by atoms with Gasteiger partial charge in [-0.2, -0.15) is 0 Å². The maximum absolute atomic E-state index is 13.7. The van der Waals surface area contributed by atoms with E-state index in [1.165, 1.54) is 12.7 Å². The van der Waals surface area contributed by atoms with Crippen molar-refractivity contribution in [2.24, 2.45) is 0 Å². The van der Waals surface area contributed by atoms with Gasteiger partial charge in [0.25, 0.3) is 0 Å². The number of piperidine rings is 1. The summed E-state index contributed by atoms with van der Waals surface area (Å²) in [6, 6.07) is 24.7. The first-order valence-electron chi connectivity index (χ1n) is 12.5. The average Bonchev–Trinajstić information content (AvgIpc) is 2.92. The van der Waals surface area contributed by atoms with Crippen molar-refractivity contribution in [1.29, 1.82) is 0 Å². The molecule has 2 N–H and O–H groups in total. The highest BCUT2D eigenvalue weighted by atomic mass is 32.2. The molecule has 0 radical (unpaired) electrons. The predicted molar refractivity (Wildman–Crippen MR) is 144 cm³/mol. The summed E-state index contributed by atoms with van der Waals surface area (Å²) in [6.07, 6.45) is 1.90. The second-order valence-electron chi connectivity index (χ2n) is 9.57. The van der Waals surface area contributed by atoms with E-state index in [-0.39, 0.29) is 22.9 Å². The Kier molecular flexibility index (Phi) is 8.63. The third-order valence-corrected chi connectivity index (χ3v) is 8.66. The minimum Gasteiger partial charge on any atom is -0.495 e. The Morgan fingerprint density at radius 2 is 1.62 bits per heavy atom. The molecule has 1 heterocycles. The molecule has 0 aliphatic carbocycles. The normalized spacial score (nSPS) is 15.8.